The van der Waals surface area contributed by atoms with Gasteiger partial charge in [0.1, 0.15) is 5.82 Å². The molecule has 0 radical (unpaired) electrons. The van der Waals surface area contributed by atoms with Gasteiger partial charge in [0.15, 0.2) is 0 Å². The second-order valence-corrected chi connectivity index (χ2v) is 1.88. The van der Waals surface area contributed by atoms with Crippen LogP contribution in [0.4, 0.5) is 0 Å². The molecule has 0 spiro atoms. The molecule has 0 heterocycles. The van der Waals surface area contributed by atoms with Crippen LogP contribution in [0, 0.1) is 0 Å². The summed E-state index contributed by atoms with van der Waals surface area (Å²) in [5, 5.41) is 1.78. The SMILES string of the molecule is C=NC(=CC)N(C=CC)NC. The van der Waals surface area contributed by atoms with Crippen LogP contribution in [0.2, 0.25) is 0 Å². The Labute approximate surface area is 68.1 Å². The molecule has 0 aliphatic heterocycles. The molecule has 0 aromatic heterocycles. The topological polar surface area (TPSA) is 27.6 Å². The highest BCUT2D eigenvalue weighted by molar-refractivity contribution is 5.28. The minimum atomic E-state index is 0.797. The van der Waals surface area contributed by atoms with E-state index in [2.05, 4.69) is 17.1 Å². The molecule has 3 nitrogen and oxygen atoms in total. The lowest BCUT2D eigenvalue weighted by Gasteiger charge is -2.17. The smallest absolute Gasteiger partial charge is 0.141 e. The van der Waals surface area contributed by atoms with Gasteiger partial charge in [-0.1, -0.05) is 6.08 Å². The van der Waals surface area contributed by atoms with Crippen molar-refractivity contribution < 1.29 is 0 Å². The fourth-order valence-corrected chi connectivity index (χ4v) is 0.721. The molecule has 0 unspecified atom stereocenters. The van der Waals surface area contributed by atoms with E-state index in [9.17, 15) is 0 Å². The van der Waals surface area contributed by atoms with E-state index in [1.165, 1.54) is 0 Å². The number of hydrogen-bond acceptors (Lipinski definition) is 3. The third kappa shape index (κ3) is 3.00. The van der Waals surface area contributed by atoms with Gasteiger partial charge >= 0.3 is 0 Å². The fourth-order valence-electron chi connectivity index (χ4n) is 0.721. The average molecular weight is 153 g/mol. The molecule has 0 fully saturated rings. The van der Waals surface area contributed by atoms with Gasteiger partial charge in [0.05, 0.1) is 0 Å². The van der Waals surface area contributed by atoms with Gasteiger partial charge in [-0.2, -0.15) is 0 Å². The van der Waals surface area contributed by atoms with Crippen molar-refractivity contribution >= 4 is 6.72 Å². The van der Waals surface area contributed by atoms with Gasteiger partial charge in [-0.15, -0.1) is 0 Å². The normalized spacial score (nSPS) is 12.1. The summed E-state index contributed by atoms with van der Waals surface area (Å²) in [7, 11) is 1.83. The van der Waals surface area contributed by atoms with Gasteiger partial charge in [-0.05, 0) is 26.6 Å². The van der Waals surface area contributed by atoms with Crippen LogP contribution in [0.15, 0.2) is 29.2 Å². The first-order valence-electron chi connectivity index (χ1n) is 3.52. The zero-order valence-electron chi connectivity index (χ0n) is 7.33. The van der Waals surface area contributed by atoms with Crippen molar-refractivity contribution in [1.82, 2.24) is 10.4 Å². The Hall–Kier alpha value is -1.09. The van der Waals surface area contributed by atoms with Gasteiger partial charge < -0.3 is 0 Å². The Morgan fingerprint density at radius 3 is 2.45 bits per heavy atom. The van der Waals surface area contributed by atoms with Crippen LogP contribution in [0.5, 0.6) is 0 Å². The minimum Gasteiger partial charge on any atom is -0.268 e. The van der Waals surface area contributed by atoms with Gasteiger partial charge in [0.2, 0.25) is 0 Å². The molecule has 11 heavy (non-hydrogen) atoms. The predicted octanol–water partition coefficient (Wildman–Crippen LogP) is 1.52. The first-order valence-corrected chi connectivity index (χ1v) is 3.52. The Balaban J connectivity index is 4.34. The van der Waals surface area contributed by atoms with Crippen molar-refractivity contribution in [3.8, 4) is 0 Å². The van der Waals surface area contributed by atoms with Crippen LogP contribution in [-0.4, -0.2) is 18.8 Å². The van der Waals surface area contributed by atoms with Crippen molar-refractivity contribution in [2.45, 2.75) is 13.8 Å². The predicted molar refractivity (Wildman–Crippen MR) is 49.0 cm³/mol. The first kappa shape index (κ1) is 9.91. The van der Waals surface area contributed by atoms with Crippen LogP contribution < -0.4 is 5.43 Å². The lowest BCUT2D eigenvalue weighted by Crippen LogP contribution is -2.28. The van der Waals surface area contributed by atoms with Gasteiger partial charge in [0, 0.05) is 13.2 Å². The number of nitrogens with zero attached hydrogens (tertiary/aromatic N) is 2. The molecular formula is C8H15N3. The zero-order chi connectivity index (χ0) is 8.69. The van der Waals surface area contributed by atoms with E-state index in [0.29, 0.717) is 0 Å². The average Bonchev–Trinajstić information content (AvgIpc) is 2.05. The molecule has 0 aromatic carbocycles. The van der Waals surface area contributed by atoms with Crippen molar-refractivity contribution in [3.63, 3.8) is 0 Å². The summed E-state index contributed by atoms with van der Waals surface area (Å²) in [6, 6.07) is 0. The quantitative estimate of drug-likeness (QED) is 0.490. The van der Waals surface area contributed by atoms with E-state index in [1.807, 2.05) is 39.2 Å². The highest BCUT2D eigenvalue weighted by Crippen LogP contribution is 2.01. The number of hydrazine groups is 1. The number of allylic oxidation sites excluding steroid dienone is 2. The lowest BCUT2D eigenvalue weighted by atomic mass is 10.5. The Bertz CT molecular complexity index is 170. The van der Waals surface area contributed by atoms with E-state index in [-0.39, 0.29) is 0 Å². The van der Waals surface area contributed by atoms with Crippen LogP contribution in [-0.2, 0) is 0 Å². The minimum absolute atomic E-state index is 0.797. The Morgan fingerprint density at radius 1 is 1.55 bits per heavy atom. The Kier molecular flexibility index (Phi) is 5.11. The van der Waals surface area contributed by atoms with Crippen molar-refractivity contribution in [2.75, 3.05) is 7.05 Å². The summed E-state index contributed by atoms with van der Waals surface area (Å²) in [6.07, 6.45) is 5.68. The number of aliphatic imine (C=N–C) groups is 1. The monoisotopic (exact) mass is 153 g/mol. The summed E-state index contributed by atoms with van der Waals surface area (Å²) in [4.78, 5) is 3.82. The van der Waals surface area contributed by atoms with E-state index in [0.717, 1.165) is 5.82 Å². The summed E-state index contributed by atoms with van der Waals surface area (Å²) in [5.41, 5.74) is 2.95. The maximum Gasteiger partial charge on any atom is 0.141 e. The maximum absolute atomic E-state index is 3.82. The highest BCUT2D eigenvalue weighted by Gasteiger charge is 1.97. The van der Waals surface area contributed by atoms with Crippen molar-refractivity contribution in [3.05, 3.63) is 24.2 Å². The van der Waals surface area contributed by atoms with E-state index >= 15 is 0 Å². The van der Waals surface area contributed by atoms with E-state index < -0.39 is 0 Å². The first-order chi connectivity index (χ1) is 5.29. The molecule has 0 amide bonds. The van der Waals surface area contributed by atoms with Crippen LogP contribution in [0.25, 0.3) is 0 Å². The van der Waals surface area contributed by atoms with E-state index in [1.54, 1.807) is 5.01 Å². The zero-order valence-corrected chi connectivity index (χ0v) is 7.33. The van der Waals surface area contributed by atoms with Crippen LogP contribution in [0.1, 0.15) is 13.8 Å². The largest absolute Gasteiger partial charge is 0.268 e. The molecule has 0 saturated carbocycles. The second-order valence-electron chi connectivity index (χ2n) is 1.88. The molecule has 62 valence electrons. The summed E-state index contributed by atoms with van der Waals surface area (Å²) in [6.45, 7) is 7.31. The molecule has 1 N–H and O–H groups in total. The molecule has 0 aliphatic carbocycles. The van der Waals surface area contributed by atoms with Gasteiger partial charge in [-0.25, -0.2) is 10.4 Å². The fraction of sp³-hybridized carbons (Fsp3) is 0.375. The summed E-state index contributed by atoms with van der Waals surface area (Å²) < 4.78 is 0. The van der Waals surface area contributed by atoms with Crippen LogP contribution in [0.3, 0.4) is 0 Å². The lowest BCUT2D eigenvalue weighted by molar-refractivity contribution is 0.370. The Morgan fingerprint density at radius 2 is 2.18 bits per heavy atom. The molecule has 0 rings (SSSR count). The molecule has 0 aromatic rings. The van der Waals surface area contributed by atoms with Gasteiger partial charge in [-0.3, -0.25) is 5.01 Å². The van der Waals surface area contributed by atoms with Crippen molar-refractivity contribution in [1.29, 1.82) is 0 Å². The third-order valence-electron chi connectivity index (χ3n) is 1.21. The number of rotatable bonds is 4. The number of hydrogen-bond donors (Lipinski definition) is 1. The highest BCUT2D eigenvalue weighted by atomic mass is 15.5. The molecule has 0 aliphatic rings. The molecule has 3 heteroatoms. The second kappa shape index (κ2) is 5.68. The molecule has 0 saturated heterocycles. The number of nitrogens with one attached hydrogen (secondary N) is 1. The van der Waals surface area contributed by atoms with Crippen molar-refractivity contribution in [2.24, 2.45) is 4.99 Å². The molecule has 0 bridgehead atoms. The van der Waals surface area contributed by atoms with Crippen LogP contribution >= 0.6 is 0 Å². The summed E-state index contributed by atoms with van der Waals surface area (Å²) in [5.74, 6) is 0.797. The standard InChI is InChI=1S/C8H15N3/c1-5-7-11(10-4)8(6-2)9-3/h5-7,10H,3H2,1-2,4H3. The summed E-state index contributed by atoms with van der Waals surface area (Å²) >= 11 is 0. The third-order valence-corrected chi connectivity index (χ3v) is 1.21. The maximum atomic E-state index is 3.82. The van der Waals surface area contributed by atoms with Gasteiger partial charge in [0.25, 0.3) is 0 Å². The molecular weight excluding hydrogens is 138 g/mol. The van der Waals surface area contributed by atoms with E-state index in [4.69, 9.17) is 0 Å². The molecule has 0 atom stereocenters.